The van der Waals surface area contributed by atoms with E-state index in [4.69, 9.17) is 4.74 Å². The van der Waals surface area contributed by atoms with Gasteiger partial charge in [-0.3, -0.25) is 0 Å². The maximum absolute atomic E-state index is 6.01. The van der Waals surface area contributed by atoms with E-state index in [-0.39, 0.29) is 0 Å². The minimum Gasteiger partial charge on any atom is -0.488 e. The van der Waals surface area contributed by atoms with Crippen LogP contribution in [0.15, 0.2) is 53.9 Å². The normalized spacial score (nSPS) is 10.8. The molecule has 0 aliphatic carbocycles. The highest BCUT2D eigenvalue weighted by Crippen LogP contribution is 2.29. The number of hydrogen-bond acceptors (Lipinski definition) is 3. The molecule has 2 nitrogen and oxygen atoms in total. The number of hydrogen-bond donors (Lipinski definition) is 1. The van der Waals surface area contributed by atoms with Gasteiger partial charge in [0, 0.05) is 17.0 Å². The number of fused-ring (bicyclic) bond motifs is 1. The van der Waals surface area contributed by atoms with Gasteiger partial charge in [0.1, 0.15) is 12.4 Å². The first kappa shape index (κ1) is 13.2. The average molecular weight is 283 g/mol. The van der Waals surface area contributed by atoms with Crippen molar-refractivity contribution in [3.63, 3.8) is 0 Å². The molecular weight excluding hydrogens is 266 g/mol. The fourth-order valence-electron chi connectivity index (χ4n) is 2.35. The second kappa shape index (κ2) is 6.07. The molecule has 3 heteroatoms. The van der Waals surface area contributed by atoms with Crippen LogP contribution in [0.5, 0.6) is 5.75 Å². The number of thiophene rings is 1. The Bertz CT molecular complexity index is 691. The zero-order valence-corrected chi connectivity index (χ0v) is 12.2. The molecule has 0 amide bonds. The number of benzene rings is 2. The topological polar surface area (TPSA) is 21.3 Å². The van der Waals surface area contributed by atoms with Crippen LogP contribution in [-0.2, 0) is 13.2 Å². The molecule has 0 radical (unpaired) electrons. The van der Waals surface area contributed by atoms with Gasteiger partial charge in [0.2, 0.25) is 0 Å². The third-order valence-electron chi connectivity index (χ3n) is 3.30. The van der Waals surface area contributed by atoms with Gasteiger partial charge in [-0.2, -0.15) is 0 Å². The van der Waals surface area contributed by atoms with E-state index in [1.807, 2.05) is 7.05 Å². The molecule has 0 saturated carbocycles. The first-order valence-corrected chi connectivity index (χ1v) is 7.57. The van der Waals surface area contributed by atoms with Crippen molar-refractivity contribution in [3.8, 4) is 5.75 Å². The first-order chi connectivity index (χ1) is 9.88. The Morgan fingerprint density at radius 1 is 1.05 bits per heavy atom. The molecule has 3 aromatic rings. The summed E-state index contributed by atoms with van der Waals surface area (Å²) in [6, 6.07) is 16.8. The van der Waals surface area contributed by atoms with E-state index in [0.29, 0.717) is 6.61 Å². The zero-order chi connectivity index (χ0) is 13.8. The van der Waals surface area contributed by atoms with E-state index in [0.717, 1.165) is 12.3 Å². The third kappa shape index (κ3) is 2.69. The Morgan fingerprint density at radius 3 is 2.75 bits per heavy atom. The maximum atomic E-state index is 6.01. The van der Waals surface area contributed by atoms with E-state index >= 15 is 0 Å². The van der Waals surface area contributed by atoms with Gasteiger partial charge >= 0.3 is 0 Å². The van der Waals surface area contributed by atoms with Gasteiger partial charge < -0.3 is 10.1 Å². The Kier molecular flexibility index (Phi) is 4.00. The van der Waals surface area contributed by atoms with Gasteiger partial charge in [-0.05, 0) is 35.3 Å². The molecule has 0 bridgehead atoms. The van der Waals surface area contributed by atoms with Crippen LogP contribution in [0, 0.1) is 0 Å². The molecule has 0 aliphatic rings. The van der Waals surface area contributed by atoms with Crippen molar-refractivity contribution in [2.75, 3.05) is 7.05 Å². The summed E-state index contributed by atoms with van der Waals surface area (Å²) >= 11 is 1.72. The standard InChI is InChI=1S/C17H17NOS/c1-18-11-16-15-7-3-2-5-13(15)8-9-17(16)19-12-14-6-4-10-20-14/h2-10,18H,11-12H2,1H3. The Hall–Kier alpha value is -1.84. The lowest BCUT2D eigenvalue weighted by molar-refractivity contribution is 0.306. The fraction of sp³-hybridized carbons (Fsp3) is 0.176. The van der Waals surface area contributed by atoms with Crippen molar-refractivity contribution in [1.82, 2.24) is 5.32 Å². The Balaban J connectivity index is 1.94. The van der Waals surface area contributed by atoms with E-state index in [1.165, 1.54) is 21.2 Å². The molecule has 0 aliphatic heterocycles. The van der Waals surface area contributed by atoms with Gasteiger partial charge in [0.05, 0.1) is 0 Å². The van der Waals surface area contributed by atoms with E-state index < -0.39 is 0 Å². The smallest absolute Gasteiger partial charge is 0.124 e. The minimum atomic E-state index is 0.632. The lowest BCUT2D eigenvalue weighted by Gasteiger charge is -2.13. The number of nitrogens with one attached hydrogen (secondary N) is 1. The van der Waals surface area contributed by atoms with Crippen molar-refractivity contribution in [3.05, 3.63) is 64.4 Å². The van der Waals surface area contributed by atoms with Crippen LogP contribution >= 0.6 is 11.3 Å². The lowest BCUT2D eigenvalue weighted by atomic mass is 10.0. The maximum Gasteiger partial charge on any atom is 0.124 e. The quantitative estimate of drug-likeness (QED) is 0.757. The molecule has 0 atom stereocenters. The molecule has 3 rings (SSSR count). The molecule has 1 N–H and O–H groups in total. The molecule has 0 unspecified atom stereocenters. The SMILES string of the molecule is CNCc1c(OCc2cccs2)ccc2ccccc12. The summed E-state index contributed by atoms with van der Waals surface area (Å²) < 4.78 is 6.01. The monoisotopic (exact) mass is 283 g/mol. The van der Waals surface area contributed by atoms with Gasteiger partial charge in [-0.1, -0.05) is 36.4 Å². The highest BCUT2D eigenvalue weighted by molar-refractivity contribution is 7.09. The fourth-order valence-corrected chi connectivity index (χ4v) is 2.97. The summed E-state index contributed by atoms with van der Waals surface area (Å²) in [6.07, 6.45) is 0. The first-order valence-electron chi connectivity index (χ1n) is 6.69. The van der Waals surface area contributed by atoms with Crippen LogP contribution in [-0.4, -0.2) is 7.05 Å². The van der Waals surface area contributed by atoms with Crippen LogP contribution in [0.1, 0.15) is 10.4 Å². The van der Waals surface area contributed by atoms with Crippen LogP contribution in [0.2, 0.25) is 0 Å². The Morgan fingerprint density at radius 2 is 1.95 bits per heavy atom. The summed E-state index contributed by atoms with van der Waals surface area (Å²) in [6.45, 7) is 1.44. The summed E-state index contributed by atoms with van der Waals surface area (Å²) in [7, 11) is 1.96. The van der Waals surface area contributed by atoms with Gasteiger partial charge in [-0.25, -0.2) is 0 Å². The molecule has 102 valence electrons. The van der Waals surface area contributed by atoms with Crippen molar-refractivity contribution in [1.29, 1.82) is 0 Å². The van der Waals surface area contributed by atoms with Crippen molar-refractivity contribution in [2.45, 2.75) is 13.2 Å². The summed E-state index contributed by atoms with van der Waals surface area (Å²) in [4.78, 5) is 1.24. The molecule has 0 spiro atoms. The third-order valence-corrected chi connectivity index (χ3v) is 4.15. The Labute approximate surface area is 123 Å². The van der Waals surface area contributed by atoms with Crippen LogP contribution in [0.3, 0.4) is 0 Å². The van der Waals surface area contributed by atoms with Gasteiger partial charge in [0.25, 0.3) is 0 Å². The predicted molar refractivity (Wildman–Crippen MR) is 85.4 cm³/mol. The summed E-state index contributed by atoms with van der Waals surface area (Å²) in [5, 5.41) is 7.82. The van der Waals surface area contributed by atoms with Crippen molar-refractivity contribution in [2.24, 2.45) is 0 Å². The van der Waals surface area contributed by atoms with Gasteiger partial charge in [-0.15, -0.1) is 11.3 Å². The van der Waals surface area contributed by atoms with Crippen LogP contribution < -0.4 is 10.1 Å². The largest absolute Gasteiger partial charge is 0.488 e. The van der Waals surface area contributed by atoms with E-state index in [1.54, 1.807) is 11.3 Å². The number of rotatable bonds is 5. The highest BCUT2D eigenvalue weighted by Gasteiger charge is 2.08. The summed E-state index contributed by atoms with van der Waals surface area (Å²) in [5.74, 6) is 0.964. The molecule has 20 heavy (non-hydrogen) atoms. The average Bonchev–Trinajstić information content (AvgIpc) is 3.00. The molecule has 1 heterocycles. The van der Waals surface area contributed by atoms with E-state index in [2.05, 4.69) is 59.2 Å². The molecule has 0 fully saturated rings. The van der Waals surface area contributed by atoms with Crippen LogP contribution in [0.25, 0.3) is 10.8 Å². The van der Waals surface area contributed by atoms with E-state index in [9.17, 15) is 0 Å². The molecular formula is C17H17NOS. The second-order valence-electron chi connectivity index (χ2n) is 4.66. The molecule has 1 aromatic heterocycles. The predicted octanol–water partition coefficient (Wildman–Crippen LogP) is 4.20. The minimum absolute atomic E-state index is 0.632. The molecule has 2 aromatic carbocycles. The van der Waals surface area contributed by atoms with Gasteiger partial charge in [0.15, 0.2) is 0 Å². The lowest BCUT2D eigenvalue weighted by Crippen LogP contribution is -2.08. The van der Waals surface area contributed by atoms with Crippen molar-refractivity contribution < 1.29 is 4.74 Å². The summed E-state index contributed by atoms with van der Waals surface area (Å²) in [5.41, 5.74) is 1.22. The number of ether oxygens (including phenoxy) is 1. The highest BCUT2D eigenvalue weighted by atomic mass is 32.1. The zero-order valence-electron chi connectivity index (χ0n) is 11.4. The molecule has 0 saturated heterocycles. The second-order valence-corrected chi connectivity index (χ2v) is 5.69. The van der Waals surface area contributed by atoms with Crippen molar-refractivity contribution >= 4 is 22.1 Å². The van der Waals surface area contributed by atoms with Crippen LogP contribution in [0.4, 0.5) is 0 Å².